The molecule has 1 heterocycles. The molecule has 0 aliphatic carbocycles. The minimum atomic E-state index is 0.256. The normalized spacial score (nSPS) is 10.6. The fraction of sp³-hybridized carbons (Fsp3) is 0. The van der Waals surface area contributed by atoms with Crippen LogP contribution in [0.4, 0.5) is 0 Å². The molecule has 0 aliphatic rings. The van der Waals surface area contributed by atoms with Gasteiger partial charge >= 0.3 is 0 Å². The molecule has 1 aromatic heterocycles. The molecule has 0 radical (unpaired) electrons. The van der Waals surface area contributed by atoms with E-state index in [-0.39, 0.29) is 5.88 Å². The first kappa shape index (κ1) is 6.97. The van der Waals surface area contributed by atoms with Gasteiger partial charge in [0.05, 0.1) is 3.57 Å². The molecule has 0 unspecified atom stereocenters. The summed E-state index contributed by atoms with van der Waals surface area (Å²) in [5, 5.41) is 10.4. The maximum atomic E-state index is 9.28. The van der Waals surface area contributed by atoms with E-state index in [1.807, 2.05) is 24.3 Å². The molecule has 0 saturated heterocycles. The van der Waals surface area contributed by atoms with Crippen LogP contribution < -0.4 is 0 Å². The molecule has 2 N–H and O–H groups in total. The fourth-order valence-electron chi connectivity index (χ4n) is 1.09. The highest BCUT2D eigenvalue weighted by molar-refractivity contribution is 14.1. The third kappa shape index (κ3) is 0.994. The number of H-pyrrole nitrogens is 1. The van der Waals surface area contributed by atoms with Gasteiger partial charge in [-0.3, -0.25) is 0 Å². The highest BCUT2D eigenvalue weighted by Gasteiger charge is 2.04. The highest BCUT2D eigenvalue weighted by atomic mass is 127. The molecule has 2 nitrogen and oxygen atoms in total. The number of fused-ring (bicyclic) bond motifs is 1. The molecule has 3 heteroatoms. The summed E-state index contributed by atoms with van der Waals surface area (Å²) in [6, 6.07) is 7.82. The first-order valence-corrected chi connectivity index (χ1v) is 4.32. The quantitative estimate of drug-likeness (QED) is 0.700. The summed E-state index contributed by atoms with van der Waals surface area (Å²) in [6.45, 7) is 0. The second kappa shape index (κ2) is 2.41. The Kier molecular flexibility index (Phi) is 1.52. The summed E-state index contributed by atoms with van der Waals surface area (Å²) in [5.74, 6) is 0.256. The number of aromatic hydroxyl groups is 1. The Bertz CT molecular complexity index is 394. The van der Waals surface area contributed by atoms with Crippen molar-refractivity contribution in [3.63, 3.8) is 0 Å². The topological polar surface area (TPSA) is 36.0 Å². The molecule has 2 rings (SSSR count). The van der Waals surface area contributed by atoms with Crippen LogP contribution in [0.2, 0.25) is 0 Å². The van der Waals surface area contributed by atoms with Crippen molar-refractivity contribution in [3.05, 3.63) is 27.8 Å². The standard InChI is InChI=1S/C8H6INO/c9-7-5-3-1-2-4-6(5)10-8(7)11/h1-4,10-11H. The Balaban J connectivity index is 2.92. The van der Waals surface area contributed by atoms with Gasteiger partial charge in [-0.2, -0.15) is 0 Å². The largest absolute Gasteiger partial charge is 0.494 e. The van der Waals surface area contributed by atoms with Crippen LogP contribution in [0.1, 0.15) is 0 Å². The van der Waals surface area contributed by atoms with Gasteiger partial charge in [0, 0.05) is 10.9 Å². The second-order valence-corrected chi connectivity index (χ2v) is 3.41. The number of nitrogens with one attached hydrogen (secondary N) is 1. The van der Waals surface area contributed by atoms with Gasteiger partial charge in [0.1, 0.15) is 0 Å². The van der Waals surface area contributed by atoms with Crippen LogP contribution in [0.5, 0.6) is 5.88 Å². The number of para-hydroxylation sites is 1. The third-order valence-corrected chi connectivity index (χ3v) is 2.72. The van der Waals surface area contributed by atoms with E-state index in [0.717, 1.165) is 14.5 Å². The number of aromatic nitrogens is 1. The van der Waals surface area contributed by atoms with Crippen molar-refractivity contribution < 1.29 is 5.11 Å². The lowest BCUT2D eigenvalue weighted by molar-refractivity contribution is 0.455. The number of rotatable bonds is 0. The lowest BCUT2D eigenvalue weighted by Gasteiger charge is -1.85. The molecule has 0 fully saturated rings. The fourth-order valence-corrected chi connectivity index (χ4v) is 1.70. The Hall–Kier alpha value is -0.710. The predicted molar refractivity (Wildman–Crippen MR) is 52.7 cm³/mol. The minimum Gasteiger partial charge on any atom is -0.494 e. The molecule has 0 bridgehead atoms. The zero-order valence-electron chi connectivity index (χ0n) is 5.63. The molecule has 0 amide bonds. The molecular formula is C8H6INO. The van der Waals surface area contributed by atoms with Crippen molar-refractivity contribution in [3.8, 4) is 5.88 Å². The summed E-state index contributed by atoms with van der Waals surface area (Å²) in [7, 11) is 0. The van der Waals surface area contributed by atoms with Crippen LogP contribution in [0.25, 0.3) is 10.9 Å². The summed E-state index contributed by atoms with van der Waals surface area (Å²) in [5.41, 5.74) is 0.981. The van der Waals surface area contributed by atoms with Crippen molar-refractivity contribution in [2.45, 2.75) is 0 Å². The van der Waals surface area contributed by atoms with Gasteiger partial charge in [0.15, 0.2) is 0 Å². The first-order chi connectivity index (χ1) is 5.29. The molecule has 1 aromatic carbocycles. The molecule has 2 aromatic rings. The molecule has 0 saturated carbocycles. The summed E-state index contributed by atoms with van der Waals surface area (Å²) in [6.07, 6.45) is 0. The zero-order chi connectivity index (χ0) is 7.84. The smallest absolute Gasteiger partial charge is 0.203 e. The highest BCUT2D eigenvalue weighted by Crippen LogP contribution is 2.27. The van der Waals surface area contributed by atoms with Crippen LogP contribution >= 0.6 is 22.6 Å². The summed E-state index contributed by atoms with van der Waals surface area (Å²) >= 11 is 2.12. The maximum absolute atomic E-state index is 9.28. The zero-order valence-corrected chi connectivity index (χ0v) is 7.79. The van der Waals surface area contributed by atoms with E-state index < -0.39 is 0 Å². The van der Waals surface area contributed by atoms with E-state index in [1.165, 1.54) is 0 Å². The van der Waals surface area contributed by atoms with Gasteiger partial charge in [-0.25, -0.2) is 0 Å². The van der Waals surface area contributed by atoms with Gasteiger partial charge < -0.3 is 10.1 Å². The second-order valence-electron chi connectivity index (χ2n) is 2.33. The van der Waals surface area contributed by atoms with Gasteiger partial charge in [-0.05, 0) is 28.7 Å². The van der Waals surface area contributed by atoms with Crippen molar-refractivity contribution in [1.82, 2.24) is 4.98 Å². The van der Waals surface area contributed by atoms with Crippen LogP contribution in [0.15, 0.2) is 24.3 Å². The van der Waals surface area contributed by atoms with E-state index in [9.17, 15) is 5.11 Å². The van der Waals surface area contributed by atoms with Crippen LogP contribution in [-0.2, 0) is 0 Å². The summed E-state index contributed by atoms with van der Waals surface area (Å²) < 4.78 is 0.887. The number of benzene rings is 1. The minimum absolute atomic E-state index is 0.256. The van der Waals surface area contributed by atoms with E-state index in [4.69, 9.17) is 0 Å². The average molecular weight is 259 g/mol. The Morgan fingerprint density at radius 2 is 2.00 bits per heavy atom. The van der Waals surface area contributed by atoms with Crippen molar-refractivity contribution in [2.75, 3.05) is 0 Å². The number of hydrogen-bond donors (Lipinski definition) is 2. The number of hydrogen-bond acceptors (Lipinski definition) is 1. The van der Waals surface area contributed by atoms with E-state index in [2.05, 4.69) is 27.6 Å². The number of aromatic amines is 1. The molecule has 11 heavy (non-hydrogen) atoms. The van der Waals surface area contributed by atoms with Crippen LogP contribution in [-0.4, -0.2) is 10.1 Å². The molecule has 0 atom stereocenters. The van der Waals surface area contributed by atoms with Gasteiger partial charge in [-0.15, -0.1) is 0 Å². The lowest BCUT2D eigenvalue weighted by atomic mass is 10.3. The SMILES string of the molecule is Oc1[nH]c2ccccc2c1I. The van der Waals surface area contributed by atoms with E-state index in [1.54, 1.807) is 0 Å². The lowest BCUT2D eigenvalue weighted by Crippen LogP contribution is -1.64. The molecular weight excluding hydrogens is 253 g/mol. The van der Waals surface area contributed by atoms with E-state index in [0.29, 0.717) is 0 Å². The van der Waals surface area contributed by atoms with Crippen molar-refractivity contribution in [2.24, 2.45) is 0 Å². The third-order valence-electron chi connectivity index (χ3n) is 1.62. The molecule has 0 aliphatic heterocycles. The number of halogens is 1. The molecule has 0 spiro atoms. The van der Waals surface area contributed by atoms with Crippen LogP contribution in [0.3, 0.4) is 0 Å². The van der Waals surface area contributed by atoms with Crippen molar-refractivity contribution >= 4 is 33.5 Å². The maximum Gasteiger partial charge on any atom is 0.203 e. The van der Waals surface area contributed by atoms with Crippen molar-refractivity contribution in [1.29, 1.82) is 0 Å². The Labute approximate surface area is 77.4 Å². The van der Waals surface area contributed by atoms with Gasteiger partial charge in [-0.1, -0.05) is 18.2 Å². The Morgan fingerprint density at radius 1 is 1.27 bits per heavy atom. The monoisotopic (exact) mass is 259 g/mol. The van der Waals surface area contributed by atoms with E-state index >= 15 is 0 Å². The van der Waals surface area contributed by atoms with Crippen LogP contribution in [0, 0.1) is 3.57 Å². The average Bonchev–Trinajstić information content (AvgIpc) is 2.30. The van der Waals surface area contributed by atoms with Gasteiger partial charge in [0.2, 0.25) is 5.88 Å². The Morgan fingerprint density at radius 3 is 2.73 bits per heavy atom. The predicted octanol–water partition coefficient (Wildman–Crippen LogP) is 2.48. The van der Waals surface area contributed by atoms with Gasteiger partial charge in [0.25, 0.3) is 0 Å². The first-order valence-electron chi connectivity index (χ1n) is 3.24. The molecule has 56 valence electrons. The summed E-state index contributed by atoms with van der Waals surface area (Å²) in [4.78, 5) is 2.87.